The summed E-state index contributed by atoms with van der Waals surface area (Å²) in [5.41, 5.74) is 1.63. The lowest BCUT2D eigenvalue weighted by Gasteiger charge is -2.10. The second kappa shape index (κ2) is 6.10. The van der Waals surface area contributed by atoms with Crippen molar-refractivity contribution in [1.29, 1.82) is 5.26 Å². The Morgan fingerprint density at radius 1 is 1.26 bits per heavy atom. The molecule has 0 aromatic heterocycles. The maximum atomic E-state index is 8.82. The zero-order valence-corrected chi connectivity index (χ0v) is 12.6. The van der Waals surface area contributed by atoms with Crippen LogP contribution in [0, 0.1) is 11.3 Å². The Labute approximate surface area is 125 Å². The zero-order chi connectivity index (χ0) is 13.8. The highest BCUT2D eigenvalue weighted by Crippen LogP contribution is 2.32. The van der Waals surface area contributed by atoms with E-state index in [1.807, 2.05) is 25.1 Å². The molecule has 0 aliphatic rings. The van der Waals surface area contributed by atoms with Gasteiger partial charge in [-0.15, -0.1) is 0 Å². The Morgan fingerprint density at radius 2 is 2.05 bits per heavy atom. The molecule has 2 rings (SSSR count). The van der Waals surface area contributed by atoms with Crippen molar-refractivity contribution in [2.75, 3.05) is 0 Å². The number of nitrogens with zero attached hydrogens (tertiary/aromatic N) is 1. The lowest BCUT2D eigenvalue weighted by atomic mass is 10.1. The topological polar surface area (TPSA) is 33.0 Å². The van der Waals surface area contributed by atoms with Gasteiger partial charge in [-0.05, 0) is 64.3 Å². The van der Waals surface area contributed by atoms with Crippen LogP contribution in [0.25, 0.3) is 0 Å². The minimum absolute atomic E-state index is 0.588. The van der Waals surface area contributed by atoms with Gasteiger partial charge in [-0.2, -0.15) is 5.26 Å². The van der Waals surface area contributed by atoms with Crippen LogP contribution in [0.4, 0.5) is 0 Å². The molecule has 2 aromatic carbocycles. The maximum absolute atomic E-state index is 8.82. The number of aryl methyl sites for hydroxylation is 1. The number of nitriles is 1. The number of ether oxygens (including phenoxy) is 1. The summed E-state index contributed by atoms with van der Waals surface area (Å²) in [6, 6.07) is 12.9. The third-order valence-electron chi connectivity index (χ3n) is 2.69. The average molecular weight is 337 g/mol. The van der Waals surface area contributed by atoms with E-state index < -0.39 is 0 Å². The van der Waals surface area contributed by atoms with Crippen molar-refractivity contribution in [2.24, 2.45) is 0 Å². The number of hydrogen-bond acceptors (Lipinski definition) is 2. The summed E-state index contributed by atoms with van der Waals surface area (Å²) >= 11 is 9.46. The summed E-state index contributed by atoms with van der Waals surface area (Å²) in [5.74, 6) is 1.40. The molecular weight excluding hydrogens is 326 g/mol. The van der Waals surface area contributed by atoms with Crippen LogP contribution in [-0.2, 0) is 6.42 Å². The Hall–Kier alpha value is -1.50. The highest BCUT2D eigenvalue weighted by Gasteiger charge is 2.06. The first kappa shape index (κ1) is 13.9. The van der Waals surface area contributed by atoms with Crippen molar-refractivity contribution in [3.05, 3.63) is 57.0 Å². The molecule has 0 radical (unpaired) electrons. The second-order valence-corrected chi connectivity index (χ2v) is 5.23. The van der Waals surface area contributed by atoms with Crippen LogP contribution in [0.2, 0.25) is 5.02 Å². The van der Waals surface area contributed by atoms with Gasteiger partial charge in [-0.1, -0.05) is 18.5 Å². The quantitative estimate of drug-likeness (QED) is 0.759. The Morgan fingerprint density at radius 3 is 2.68 bits per heavy atom. The van der Waals surface area contributed by atoms with E-state index in [1.165, 1.54) is 0 Å². The maximum Gasteiger partial charge on any atom is 0.141 e. The highest BCUT2D eigenvalue weighted by atomic mass is 79.9. The normalized spacial score (nSPS) is 10.0. The van der Waals surface area contributed by atoms with E-state index in [1.54, 1.807) is 18.2 Å². The number of benzene rings is 2. The standard InChI is InChI=1S/C15H11BrClNO/c1-2-11-8-12(4-5-14(11)17)19-15-6-3-10(9-18)7-13(15)16/h3-8H,2H2,1H3. The van der Waals surface area contributed by atoms with Crippen molar-refractivity contribution in [1.82, 2.24) is 0 Å². The van der Waals surface area contributed by atoms with Crippen molar-refractivity contribution >= 4 is 27.5 Å². The molecule has 96 valence electrons. The molecule has 0 aliphatic heterocycles. The fourth-order valence-corrected chi connectivity index (χ4v) is 2.38. The van der Waals surface area contributed by atoms with Crippen LogP contribution in [0.15, 0.2) is 40.9 Å². The number of rotatable bonds is 3. The Kier molecular flexibility index (Phi) is 4.47. The first-order valence-corrected chi connectivity index (χ1v) is 6.97. The Balaban J connectivity index is 2.29. The van der Waals surface area contributed by atoms with Crippen molar-refractivity contribution in [3.63, 3.8) is 0 Å². The SMILES string of the molecule is CCc1cc(Oc2ccc(C#N)cc2Br)ccc1Cl. The Bertz CT molecular complexity index is 649. The third kappa shape index (κ3) is 3.28. The van der Waals surface area contributed by atoms with Crippen LogP contribution in [0.5, 0.6) is 11.5 Å². The van der Waals surface area contributed by atoms with Gasteiger partial charge in [0.2, 0.25) is 0 Å². The van der Waals surface area contributed by atoms with Crippen LogP contribution >= 0.6 is 27.5 Å². The van der Waals surface area contributed by atoms with Gasteiger partial charge in [-0.25, -0.2) is 0 Å². The third-order valence-corrected chi connectivity index (χ3v) is 3.68. The van der Waals surface area contributed by atoms with E-state index in [0.29, 0.717) is 11.3 Å². The predicted molar refractivity (Wildman–Crippen MR) is 79.8 cm³/mol. The molecule has 2 nitrogen and oxygen atoms in total. The summed E-state index contributed by atoms with van der Waals surface area (Å²) < 4.78 is 6.54. The molecule has 0 fully saturated rings. The van der Waals surface area contributed by atoms with Gasteiger partial charge in [0, 0.05) is 5.02 Å². The van der Waals surface area contributed by atoms with Crippen LogP contribution < -0.4 is 4.74 Å². The van der Waals surface area contributed by atoms with Crippen molar-refractivity contribution in [2.45, 2.75) is 13.3 Å². The molecular formula is C15H11BrClNO. The van der Waals surface area contributed by atoms with E-state index in [2.05, 4.69) is 22.0 Å². The van der Waals surface area contributed by atoms with Crippen LogP contribution in [0.1, 0.15) is 18.1 Å². The molecule has 0 bridgehead atoms. The minimum Gasteiger partial charge on any atom is -0.456 e. The molecule has 0 saturated carbocycles. The van der Waals surface area contributed by atoms with Crippen molar-refractivity contribution < 1.29 is 4.74 Å². The largest absolute Gasteiger partial charge is 0.456 e. The monoisotopic (exact) mass is 335 g/mol. The van der Waals surface area contributed by atoms with Gasteiger partial charge in [-0.3, -0.25) is 0 Å². The zero-order valence-electron chi connectivity index (χ0n) is 10.3. The van der Waals surface area contributed by atoms with E-state index in [0.717, 1.165) is 27.2 Å². The molecule has 0 N–H and O–H groups in total. The lowest BCUT2D eigenvalue weighted by molar-refractivity contribution is 0.479. The molecule has 0 spiro atoms. The second-order valence-electron chi connectivity index (χ2n) is 3.97. The molecule has 0 aliphatic carbocycles. The summed E-state index contributed by atoms with van der Waals surface area (Å²) in [6.07, 6.45) is 0.852. The van der Waals surface area contributed by atoms with Gasteiger partial charge in [0.05, 0.1) is 16.1 Å². The molecule has 0 heterocycles. The molecule has 4 heteroatoms. The van der Waals surface area contributed by atoms with Gasteiger partial charge in [0.15, 0.2) is 0 Å². The van der Waals surface area contributed by atoms with E-state index >= 15 is 0 Å². The van der Waals surface area contributed by atoms with E-state index in [9.17, 15) is 0 Å². The molecule has 0 unspecified atom stereocenters. The first-order valence-electron chi connectivity index (χ1n) is 5.80. The molecule has 0 saturated heterocycles. The van der Waals surface area contributed by atoms with Gasteiger partial charge >= 0.3 is 0 Å². The molecule has 0 amide bonds. The van der Waals surface area contributed by atoms with E-state index in [4.69, 9.17) is 21.6 Å². The van der Waals surface area contributed by atoms with Crippen LogP contribution in [0.3, 0.4) is 0 Å². The van der Waals surface area contributed by atoms with Crippen molar-refractivity contribution in [3.8, 4) is 17.6 Å². The van der Waals surface area contributed by atoms with Gasteiger partial charge < -0.3 is 4.74 Å². The summed E-state index contributed by atoms with van der Waals surface area (Å²) in [5, 5.41) is 9.56. The smallest absolute Gasteiger partial charge is 0.141 e. The summed E-state index contributed by atoms with van der Waals surface area (Å²) in [7, 11) is 0. The first-order chi connectivity index (χ1) is 9.13. The van der Waals surface area contributed by atoms with Gasteiger partial charge in [0.25, 0.3) is 0 Å². The fourth-order valence-electron chi connectivity index (χ4n) is 1.67. The number of halogens is 2. The van der Waals surface area contributed by atoms with Crippen LogP contribution in [-0.4, -0.2) is 0 Å². The fraction of sp³-hybridized carbons (Fsp3) is 0.133. The molecule has 19 heavy (non-hydrogen) atoms. The lowest BCUT2D eigenvalue weighted by Crippen LogP contribution is -1.89. The van der Waals surface area contributed by atoms with Gasteiger partial charge in [0.1, 0.15) is 11.5 Å². The average Bonchev–Trinajstić information content (AvgIpc) is 2.43. The number of hydrogen-bond donors (Lipinski definition) is 0. The summed E-state index contributed by atoms with van der Waals surface area (Å²) in [6.45, 7) is 2.04. The predicted octanol–water partition coefficient (Wildman–Crippen LogP) is 5.33. The van der Waals surface area contributed by atoms with E-state index in [-0.39, 0.29) is 0 Å². The summed E-state index contributed by atoms with van der Waals surface area (Å²) in [4.78, 5) is 0. The molecule has 0 atom stereocenters. The highest BCUT2D eigenvalue weighted by molar-refractivity contribution is 9.10. The molecule has 2 aromatic rings. The minimum atomic E-state index is 0.588.